The Hall–Kier alpha value is -2.69. The second-order valence-electron chi connectivity index (χ2n) is 4.50. The van der Waals surface area contributed by atoms with Gasteiger partial charge in [0.2, 0.25) is 0 Å². The maximum atomic E-state index is 12.2. The van der Waals surface area contributed by atoms with E-state index >= 15 is 0 Å². The van der Waals surface area contributed by atoms with Crippen LogP contribution >= 0.6 is 0 Å². The van der Waals surface area contributed by atoms with Crippen molar-refractivity contribution in [1.82, 2.24) is 15.1 Å². The number of aromatic amines is 1. The monoisotopic (exact) mass is 269 g/mol. The Kier molecular flexibility index (Phi) is 4.10. The Bertz CT molecular complexity index is 688. The third-order valence-corrected chi connectivity index (χ3v) is 2.65. The van der Waals surface area contributed by atoms with Crippen molar-refractivity contribution < 1.29 is 4.79 Å². The number of aromatic nitrogens is 2. The van der Waals surface area contributed by atoms with E-state index in [1.807, 2.05) is 44.4 Å². The molecule has 2 rings (SSSR count). The molecule has 0 atom stereocenters. The van der Waals surface area contributed by atoms with Crippen LogP contribution in [0.3, 0.4) is 0 Å². The average molecular weight is 269 g/mol. The largest absolute Gasteiger partial charge is 0.383 e. The molecule has 5 heteroatoms. The number of carbonyl (C=O) groups excluding carboxylic acids is 1. The van der Waals surface area contributed by atoms with E-state index in [9.17, 15) is 9.59 Å². The van der Waals surface area contributed by atoms with Gasteiger partial charge >= 0.3 is 0 Å². The zero-order valence-corrected chi connectivity index (χ0v) is 11.3. The highest BCUT2D eigenvalue weighted by atomic mass is 16.1. The number of allylic oxidation sites excluding steroid dienone is 1. The number of nitrogens with zero attached hydrogens (tertiary/aromatic N) is 2. The van der Waals surface area contributed by atoms with Crippen LogP contribution in [0.2, 0.25) is 0 Å². The summed E-state index contributed by atoms with van der Waals surface area (Å²) in [7, 11) is 3.63. The number of carbonyl (C=O) groups is 1. The smallest absolute Gasteiger partial charge is 0.264 e. The van der Waals surface area contributed by atoms with E-state index in [-0.39, 0.29) is 11.3 Å². The summed E-state index contributed by atoms with van der Waals surface area (Å²) in [5, 5.41) is 6.36. The molecule has 0 aliphatic heterocycles. The fraction of sp³-hybridized carbons (Fsp3) is 0.133. The lowest BCUT2D eigenvalue weighted by Gasteiger charge is -2.06. The summed E-state index contributed by atoms with van der Waals surface area (Å²) in [6.07, 6.45) is 3.06. The summed E-state index contributed by atoms with van der Waals surface area (Å²) in [6, 6.07) is 10.5. The fourth-order valence-corrected chi connectivity index (χ4v) is 1.71. The van der Waals surface area contributed by atoms with E-state index in [1.165, 1.54) is 12.1 Å². The van der Waals surface area contributed by atoms with Gasteiger partial charge in [0.25, 0.3) is 5.56 Å². The van der Waals surface area contributed by atoms with Crippen LogP contribution in [-0.2, 0) is 0 Å². The number of H-pyrrole nitrogens is 1. The van der Waals surface area contributed by atoms with Crippen molar-refractivity contribution in [3.63, 3.8) is 0 Å². The molecule has 5 nitrogen and oxygen atoms in total. The number of hydrogen-bond donors (Lipinski definition) is 1. The van der Waals surface area contributed by atoms with Gasteiger partial charge in [-0.3, -0.25) is 9.59 Å². The molecule has 102 valence electrons. The lowest BCUT2D eigenvalue weighted by molar-refractivity contribution is 0.104. The highest BCUT2D eigenvalue weighted by Crippen LogP contribution is 2.19. The number of nitrogens with one attached hydrogen (secondary N) is 1. The van der Waals surface area contributed by atoms with Gasteiger partial charge in [-0.15, -0.1) is 0 Å². The molecule has 0 aliphatic carbocycles. The van der Waals surface area contributed by atoms with Gasteiger partial charge in [0.05, 0.1) is 5.56 Å². The molecule has 1 aromatic heterocycles. The Labute approximate surface area is 116 Å². The zero-order valence-electron chi connectivity index (χ0n) is 11.3. The molecule has 0 fully saturated rings. The first-order chi connectivity index (χ1) is 9.58. The molecule has 0 saturated carbocycles. The van der Waals surface area contributed by atoms with Gasteiger partial charge in [0.1, 0.15) is 5.69 Å². The molecule has 1 heterocycles. The molecule has 20 heavy (non-hydrogen) atoms. The highest BCUT2D eigenvalue weighted by Gasteiger charge is 2.13. The normalized spacial score (nSPS) is 10.7. The van der Waals surface area contributed by atoms with E-state index in [2.05, 4.69) is 10.2 Å². The lowest BCUT2D eigenvalue weighted by atomic mass is 10.0. The predicted octanol–water partition coefficient (Wildman–Crippen LogP) is 1.69. The predicted molar refractivity (Wildman–Crippen MR) is 77.5 cm³/mol. The van der Waals surface area contributed by atoms with Crippen LogP contribution in [0.4, 0.5) is 0 Å². The second kappa shape index (κ2) is 5.97. The van der Waals surface area contributed by atoms with Crippen LogP contribution in [0.5, 0.6) is 0 Å². The highest BCUT2D eigenvalue weighted by molar-refractivity contribution is 6.08. The Balaban J connectivity index is 2.49. The van der Waals surface area contributed by atoms with Crippen LogP contribution in [-0.4, -0.2) is 35.0 Å². The second-order valence-corrected chi connectivity index (χ2v) is 4.50. The summed E-state index contributed by atoms with van der Waals surface area (Å²) in [5.41, 5.74) is 1.15. The van der Waals surface area contributed by atoms with Crippen molar-refractivity contribution in [2.45, 2.75) is 0 Å². The maximum absolute atomic E-state index is 12.2. The summed E-state index contributed by atoms with van der Waals surface area (Å²) in [6.45, 7) is 0. The van der Waals surface area contributed by atoms with E-state index < -0.39 is 5.56 Å². The van der Waals surface area contributed by atoms with Crippen LogP contribution in [0.25, 0.3) is 11.3 Å². The average Bonchev–Trinajstić information content (AvgIpc) is 2.45. The summed E-state index contributed by atoms with van der Waals surface area (Å²) in [4.78, 5) is 25.4. The van der Waals surface area contributed by atoms with Gasteiger partial charge in [-0.25, -0.2) is 5.10 Å². The number of rotatable bonds is 4. The number of hydrogen-bond acceptors (Lipinski definition) is 4. The minimum absolute atomic E-state index is 0.254. The molecular weight excluding hydrogens is 254 g/mol. The molecule has 1 N–H and O–H groups in total. The van der Waals surface area contributed by atoms with Crippen LogP contribution in [0.1, 0.15) is 10.4 Å². The molecule has 0 spiro atoms. The molecule has 0 radical (unpaired) electrons. The van der Waals surface area contributed by atoms with Gasteiger partial charge in [-0.1, -0.05) is 30.3 Å². The molecule has 0 bridgehead atoms. The molecule has 0 amide bonds. The van der Waals surface area contributed by atoms with Gasteiger partial charge in [-0.2, -0.15) is 5.10 Å². The first-order valence-corrected chi connectivity index (χ1v) is 6.12. The van der Waals surface area contributed by atoms with E-state index in [0.717, 1.165) is 5.56 Å². The molecule has 2 aromatic rings. The van der Waals surface area contributed by atoms with Crippen molar-refractivity contribution in [1.29, 1.82) is 0 Å². The Morgan fingerprint density at radius 2 is 1.95 bits per heavy atom. The molecular formula is C15H15N3O2. The van der Waals surface area contributed by atoms with Gasteiger partial charge in [0.15, 0.2) is 5.78 Å². The van der Waals surface area contributed by atoms with Gasteiger partial charge < -0.3 is 4.90 Å². The summed E-state index contributed by atoms with van der Waals surface area (Å²) in [5.74, 6) is -0.254. The van der Waals surface area contributed by atoms with Crippen molar-refractivity contribution in [3.8, 4) is 11.3 Å². The van der Waals surface area contributed by atoms with E-state index in [1.54, 1.807) is 11.1 Å². The van der Waals surface area contributed by atoms with Crippen molar-refractivity contribution in [2.75, 3.05) is 14.1 Å². The molecule has 1 aromatic carbocycles. The van der Waals surface area contributed by atoms with E-state index in [4.69, 9.17) is 0 Å². The Morgan fingerprint density at radius 3 is 2.60 bits per heavy atom. The lowest BCUT2D eigenvalue weighted by Crippen LogP contribution is -2.13. The minimum atomic E-state index is -0.397. The Morgan fingerprint density at radius 1 is 1.25 bits per heavy atom. The minimum Gasteiger partial charge on any atom is -0.383 e. The van der Waals surface area contributed by atoms with Crippen molar-refractivity contribution >= 4 is 5.78 Å². The topological polar surface area (TPSA) is 66.1 Å². The third kappa shape index (κ3) is 3.20. The molecule has 0 saturated heterocycles. The fourth-order valence-electron chi connectivity index (χ4n) is 1.71. The molecule has 0 aliphatic rings. The SMILES string of the molecule is CN(C)/C=C/C(=O)c1cc(=O)[nH]nc1-c1ccccc1. The van der Waals surface area contributed by atoms with Crippen LogP contribution in [0, 0.1) is 0 Å². The van der Waals surface area contributed by atoms with Gasteiger partial charge in [0, 0.05) is 38.0 Å². The quantitative estimate of drug-likeness (QED) is 0.677. The zero-order chi connectivity index (χ0) is 14.5. The van der Waals surface area contributed by atoms with Crippen molar-refractivity contribution in [2.24, 2.45) is 0 Å². The number of benzene rings is 1. The molecule has 0 unspecified atom stereocenters. The number of ketones is 1. The first kappa shape index (κ1) is 13.7. The first-order valence-electron chi connectivity index (χ1n) is 6.12. The van der Waals surface area contributed by atoms with Crippen molar-refractivity contribution in [3.05, 3.63) is 64.6 Å². The van der Waals surface area contributed by atoms with E-state index in [0.29, 0.717) is 5.69 Å². The van der Waals surface area contributed by atoms with Gasteiger partial charge in [-0.05, 0) is 0 Å². The van der Waals surface area contributed by atoms with Crippen LogP contribution in [0.15, 0.2) is 53.5 Å². The standard InChI is InChI=1S/C15H15N3O2/c1-18(2)9-8-13(19)12-10-14(20)16-17-15(12)11-6-4-3-5-7-11/h3-10H,1-2H3,(H,16,20)/b9-8+. The summed E-state index contributed by atoms with van der Waals surface area (Å²) < 4.78 is 0. The summed E-state index contributed by atoms with van der Waals surface area (Å²) >= 11 is 0. The van der Waals surface area contributed by atoms with Crippen LogP contribution < -0.4 is 5.56 Å². The third-order valence-electron chi connectivity index (χ3n) is 2.65. The maximum Gasteiger partial charge on any atom is 0.264 e.